The van der Waals surface area contributed by atoms with Crippen molar-refractivity contribution < 1.29 is 0 Å². The molecule has 0 aliphatic heterocycles. The summed E-state index contributed by atoms with van der Waals surface area (Å²) in [5.74, 6) is 0.862. The quantitative estimate of drug-likeness (QED) is 0.546. The zero-order chi connectivity index (χ0) is 11.7. The Bertz CT molecular complexity index is 164. The molecule has 0 aliphatic carbocycles. The van der Waals surface area contributed by atoms with Gasteiger partial charge < -0.3 is 4.90 Å². The Morgan fingerprint density at radius 3 is 2.20 bits per heavy atom. The number of rotatable bonds is 8. The highest BCUT2D eigenvalue weighted by molar-refractivity contribution is 4.92. The Labute approximate surface area is 96.6 Å². The number of hydrogen-bond donors (Lipinski definition) is 0. The van der Waals surface area contributed by atoms with Gasteiger partial charge in [-0.3, -0.25) is 0 Å². The third-order valence-corrected chi connectivity index (χ3v) is 3.04. The van der Waals surface area contributed by atoms with Crippen molar-refractivity contribution in [3.05, 3.63) is 11.6 Å². The third kappa shape index (κ3) is 8.68. The molecule has 0 unspecified atom stereocenters. The summed E-state index contributed by atoms with van der Waals surface area (Å²) < 4.78 is 0. The van der Waals surface area contributed by atoms with E-state index in [-0.39, 0.29) is 0 Å². The lowest BCUT2D eigenvalue weighted by Gasteiger charge is -2.20. The van der Waals surface area contributed by atoms with Crippen LogP contribution in [0.4, 0.5) is 0 Å². The van der Waals surface area contributed by atoms with Gasteiger partial charge in [-0.05, 0) is 58.7 Å². The van der Waals surface area contributed by atoms with Crippen LogP contribution in [-0.2, 0) is 0 Å². The van der Waals surface area contributed by atoms with Crippen LogP contribution in [-0.4, -0.2) is 24.5 Å². The SMILES string of the molecule is CCN(CC)CC[C@H](C)CCC=C(C)C. The Morgan fingerprint density at radius 2 is 1.73 bits per heavy atom. The summed E-state index contributed by atoms with van der Waals surface area (Å²) in [7, 11) is 0. The van der Waals surface area contributed by atoms with Gasteiger partial charge in [0.1, 0.15) is 0 Å². The maximum atomic E-state index is 2.51. The fourth-order valence-electron chi connectivity index (χ4n) is 1.74. The first-order valence-electron chi connectivity index (χ1n) is 6.45. The fraction of sp³-hybridized carbons (Fsp3) is 0.857. The molecule has 0 fully saturated rings. The van der Waals surface area contributed by atoms with E-state index < -0.39 is 0 Å². The Hall–Kier alpha value is -0.300. The summed E-state index contributed by atoms with van der Waals surface area (Å²) >= 11 is 0. The second-order valence-corrected chi connectivity index (χ2v) is 4.78. The van der Waals surface area contributed by atoms with E-state index in [1.54, 1.807) is 0 Å². The molecule has 0 bridgehead atoms. The van der Waals surface area contributed by atoms with Crippen LogP contribution in [0.1, 0.15) is 53.9 Å². The first kappa shape index (κ1) is 14.7. The first-order chi connectivity index (χ1) is 7.10. The van der Waals surface area contributed by atoms with E-state index in [4.69, 9.17) is 0 Å². The minimum Gasteiger partial charge on any atom is -0.304 e. The van der Waals surface area contributed by atoms with Crippen LogP contribution in [0.3, 0.4) is 0 Å². The molecule has 0 aromatic heterocycles. The highest BCUT2D eigenvalue weighted by Gasteiger charge is 2.04. The van der Waals surface area contributed by atoms with Gasteiger partial charge in [-0.15, -0.1) is 0 Å². The summed E-state index contributed by atoms with van der Waals surface area (Å²) in [5, 5.41) is 0. The van der Waals surface area contributed by atoms with E-state index in [1.165, 1.54) is 44.5 Å². The lowest BCUT2D eigenvalue weighted by Crippen LogP contribution is -2.25. The summed E-state index contributed by atoms with van der Waals surface area (Å²) in [6, 6.07) is 0. The van der Waals surface area contributed by atoms with Gasteiger partial charge in [-0.1, -0.05) is 32.4 Å². The van der Waals surface area contributed by atoms with E-state index >= 15 is 0 Å². The van der Waals surface area contributed by atoms with Crippen LogP contribution in [0.15, 0.2) is 11.6 Å². The number of allylic oxidation sites excluding steroid dienone is 2. The lowest BCUT2D eigenvalue weighted by atomic mass is 10.0. The average molecular weight is 211 g/mol. The molecule has 90 valence electrons. The summed E-state index contributed by atoms with van der Waals surface area (Å²) in [5.41, 5.74) is 1.45. The van der Waals surface area contributed by atoms with Crippen molar-refractivity contribution in [2.45, 2.75) is 53.9 Å². The number of nitrogens with zero attached hydrogens (tertiary/aromatic N) is 1. The largest absolute Gasteiger partial charge is 0.304 e. The second kappa shape index (κ2) is 8.96. The summed E-state index contributed by atoms with van der Waals surface area (Å²) in [4.78, 5) is 2.51. The zero-order valence-electron chi connectivity index (χ0n) is 11.3. The van der Waals surface area contributed by atoms with Crippen molar-refractivity contribution in [1.29, 1.82) is 0 Å². The molecule has 0 N–H and O–H groups in total. The molecule has 0 saturated heterocycles. The average Bonchev–Trinajstić information content (AvgIpc) is 2.18. The van der Waals surface area contributed by atoms with Crippen molar-refractivity contribution in [3.8, 4) is 0 Å². The van der Waals surface area contributed by atoms with Crippen LogP contribution in [0.2, 0.25) is 0 Å². The highest BCUT2D eigenvalue weighted by Crippen LogP contribution is 2.12. The molecule has 0 aromatic carbocycles. The van der Waals surface area contributed by atoms with Gasteiger partial charge in [0.15, 0.2) is 0 Å². The first-order valence-corrected chi connectivity index (χ1v) is 6.45. The maximum absolute atomic E-state index is 2.51. The second-order valence-electron chi connectivity index (χ2n) is 4.78. The standard InChI is InChI=1S/C14H29N/c1-6-15(7-2)12-11-14(5)10-8-9-13(3)4/h9,14H,6-8,10-12H2,1-5H3/t14-/m1/s1. The van der Waals surface area contributed by atoms with Gasteiger partial charge >= 0.3 is 0 Å². The van der Waals surface area contributed by atoms with Gasteiger partial charge in [0.05, 0.1) is 0 Å². The molecule has 0 spiro atoms. The highest BCUT2D eigenvalue weighted by atomic mass is 15.1. The van der Waals surface area contributed by atoms with E-state index in [2.05, 4.69) is 45.6 Å². The zero-order valence-corrected chi connectivity index (χ0v) is 11.3. The third-order valence-electron chi connectivity index (χ3n) is 3.04. The molecule has 0 aliphatic rings. The molecule has 1 heteroatoms. The van der Waals surface area contributed by atoms with Crippen LogP contribution in [0, 0.1) is 5.92 Å². The van der Waals surface area contributed by atoms with E-state index in [1.807, 2.05) is 0 Å². The van der Waals surface area contributed by atoms with Crippen molar-refractivity contribution in [2.24, 2.45) is 5.92 Å². The Balaban J connectivity index is 3.56. The van der Waals surface area contributed by atoms with Gasteiger partial charge in [0.25, 0.3) is 0 Å². The molecule has 1 nitrogen and oxygen atoms in total. The molecule has 0 saturated carbocycles. The Kier molecular flexibility index (Phi) is 8.79. The van der Waals surface area contributed by atoms with Gasteiger partial charge in [0, 0.05) is 0 Å². The van der Waals surface area contributed by atoms with Gasteiger partial charge in [0.2, 0.25) is 0 Å². The van der Waals surface area contributed by atoms with Crippen molar-refractivity contribution >= 4 is 0 Å². The van der Waals surface area contributed by atoms with Crippen molar-refractivity contribution in [1.82, 2.24) is 4.90 Å². The van der Waals surface area contributed by atoms with E-state index in [9.17, 15) is 0 Å². The normalized spacial score (nSPS) is 12.9. The van der Waals surface area contributed by atoms with Gasteiger partial charge in [-0.2, -0.15) is 0 Å². The van der Waals surface area contributed by atoms with Crippen molar-refractivity contribution in [2.75, 3.05) is 19.6 Å². The van der Waals surface area contributed by atoms with Crippen LogP contribution >= 0.6 is 0 Å². The molecule has 0 amide bonds. The molecular weight excluding hydrogens is 182 g/mol. The Morgan fingerprint density at radius 1 is 1.13 bits per heavy atom. The van der Waals surface area contributed by atoms with Crippen LogP contribution in [0.25, 0.3) is 0 Å². The molecular formula is C14H29N. The summed E-state index contributed by atoms with van der Waals surface area (Å²) in [6.45, 7) is 14.9. The molecule has 15 heavy (non-hydrogen) atoms. The smallest absolute Gasteiger partial charge is 0.00164 e. The van der Waals surface area contributed by atoms with E-state index in [0.717, 1.165) is 5.92 Å². The molecule has 0 aromatic rings. The molecule has 0 radical (unpaired) electrons. The number of hydrogen-bond acceptors (Lipinski definition) is 1. The lowest BCUT2D eigenvalue weighted by molar-refractivity contribution is 0.276. The summed E-state index contributed by atoms with van der Waals surface area (Å²) in [6.07, 6.45) is 6.29. The fourth-order valence-corrected chi connectivity index (χ4v) is 1.74. The molecule has 0 rings (SSSR count). The molecule has 1 atom stereocenters. The van der Waals surface area contributed by atoms with E-state index in [0.29, 0.717) is 0 Å². The van der Waals surface area contributed by atoms with Gasteiger partial charge in [-0.25, -0.2) is 0 Å². The monoisotopic (exact) mass is 211 g/mol. The van der Waals surface area contributed by atoms with Crippen LogP contribution < -0.4 is 0 Å². The predicted molar refractivity (Wildman–Crippen MR) is 70.2 cm³/mol. The predicted octanol–water partition coefficient (Wildman–Crippen LogP) is 4.10. The minimum atomic E-state index is 0.862. The minimum absolute atomic E-state index is 0.862. The topological polar surface area (TPSA) is 3.24 Å². The van der Waals surface area contributed by atoms with Crippen LogP contribution in [0.5, 0.6) is 0 Å². The van der Waals surface area contributed by atoms with Crippen molar-refractivity contribution in [3.63, 3.8) is 0 Å². The molecule has 0 heterocycles. The maximum Gasteiger partial charge on any atom is -0.00164 e.